The Morgan fingerprint density at radius 3 is 2.53 bits per heavy atom. The molecule has 7 nitrogen and oxygen atoms in total. The van der Waals surface area contributed by atoms with E-state index in [1.807, 2.05) is 0 Å². The number of halogens is 5. The highest BCUT2D eigenvalue weighted by atomic mass is 35.5. The van der Waals surface area contributed by atoms with Crippen LogP contribution in [0.5, 0.6) is 0 Å². The molecule has 3 rings (SSSR count). The van der Waals surface area contributed by atoms with Gasteiger partial charge in [-0.1, -0.05) is 11.6 Å². The van der Waals surface area contributed by atoms with Crippen LogP contribution in [0, 0.1) is 0 Å². The highest BCUT2D eigenvalue weighted by Crippen LogP contribution is 2.33. The standard InChI is InChI=1S/C18H15ClF4N6O/c1-11(15-26-10-27-29(15)17-24-4-2-5-25-17)28(6-3-20)16(30)12-7-13(18(21,22)23)9-14(19)8-12/h2,4-5,7-11H,3,6H2,1H3. The molecule has 0 aliphatic rings. The van der Waals surface area contributed by atoms with Crippen molar-refractivity contribution in [1.29, 1.82) is 0 Å². The molecule has 0 N–H and O–H groups in total. The maximum absolute atomic E-state index is 13.2. The number of rotatable bonds is 6. The van der Waals surface area contributed by atoms with Crippen molar-refractivity contribution in [3.63, 3.8) is 0 Å². The fourth-order valence-corrected chi connectivity index (χ4v) is 3.07. The van der Waals surface area contributed by atoms with Crippen LogP contribution in [0.3, 0.4) is 0 Å². The van der Waals surface area contributed by atoms with Crippen LogP contribution in [0.2, 0.25) is 5.02 Å². The number of nitrogens with zero attached hydrogens (tertiary/aromatic N) is 6. The largest absolute Gasteiger partial charge is 0.416 e. The summed E-state index contributed by atoms with van der Waals surface area (Å²) in [4.78, 5) is 26.2. The molecule has 2 aromatic heterocycles. The van der Waals surface area contributed by atoms with Crippen LogP contribution >= 0.6 is 11.6 Å². The molecule has 158 valence electrons. The average Bonchev–Trinajstić information content (AvgIpc) is 3.20. The van der Waals surface area contributed by atoms with Gasteiger partial charge >= 0.3 is 6.18 Å². The minimum atomic E-state index is -4.69. The molecule has 1 aromatic carbocycles. The van der Waals surface area contributed by atoms with Gasteiger partial charge in [0, 0.05) is 23.0 Å². The molecule has 1 unspecified atom stereocenters. The van der Waals surface area contributed by atoms with Crippen molar-refractivity contribution >= 4 is 17.5 Å². The van der Waals surface area contributed by atoms with Crippen LogP contribution in [-0.2, 0) is 6.18 Å². The Balaban J connectivity index is 1.98. The molecule has 0 aliphatic heterocycles. The normalized spacial score (nSPS) is 12.6. The van der Waals surface area contributed by atoms with Gasteiger partial charge in [-0.2, -0.15) is 23.0 Å². The summed E-state index contributed by atoms with van der Waals surface area (Å²) < 4.78 is 53.8. The number of alkyl halides is 4. The lowest BCUT2D eigenvalue weighted by Gasteiger charge is -2.28. The summed E-state index contributed by atoms with van der Waals surface area (Å²) >= 11 is 5.78. The molecule has 0 saturated heterocycles. The topological polar surface area (TPSA) is 76.8 Å². The van der Waals surface area contributed by atoms with Gasteiger partial charge in [0.15, 0.2) is 5.82 Å². The highest BCUT2D eigenvalue weighted by Gasteiger charge is 2.33. The molecule has 3 aromatic rings. The second kappa shape index (κ2) is 8.74. The first-order valence-electron chi connectivity index (χ1n) is 8.64. The van der Waals surface area contributed by atoms with Crippen LogP contribution in [0.15, 0.2) is 43.0 Å². The zero-order chi connectivity index (χ0) is 21.9. The maximum Gasteiger partial charge on any atom is 0.416 e. The Morgan fingerprint density at radius 2 is 1.90 bits per heavy atom. The molecule has 0 bridgehead atoms. The second-order valence-corrected chi connectivity index (χ2v) is 6.61. The summed E-state index contributed by atoms with van der Waals surface area (Å²) in [5.41, 5.74) is -1.40. The summed E-state index contributed by atoms with van der Waals surface area (Å²) in [5, 5.41) is 3.76. The van der Waals surface area contributed by atoms with Gasteiger partial charge in [-0.15, -0.1) is 0 Å². The number of aromatic nitrogens is 5. The van der Waals surface area contributed by atoms with Gasteiger partial charge in [0.25, 0.3) is 11.9 Å². The van der Waals surface area contributed by atoms with Crippen LogP contribution in [0.1, 0.15) is 34.7 Å². The third-order valence-electron chi connectivity index (χ3n) is 4.22. The minimum absolute atomic E-state index is 0.173. The Morgan fingerprint density at radius 1 is 1.20 bits per heavy atom. The van der Waals surface area contributed by atoms with E-state index in [-0.39, 0.29) is 28.9 Å². The van der Waals surface area contributed by atoms with Crippen molar-refractivity contribution in [3.05, 3.63) is 65.0 Å². The summed E-state index contributed by atoms with van der Waals surface area (Å²) in [7, 11) is 0. The molecule has 0 spiro atoms. The minimum Gasteiger partial charge on any atom is -0.326 e. The lowest BCUT2D eigenvalue weighted by Crippen LogP contribution is -2.37. The van der Waals surface area contributed by atoms with Gasteiger partial charge in [0.1, 0.15) is 13.0 Å². The van der Waals surface area contributed by atoms with E-state index in [0.717, 1.165) is 11.0 Å². The predicted octanol–water partition coefficient (Wildman–Crippen LogP) is 3.90. The van der Waals surface area contributed by atoms with Gasteiger partial charge in [-0.25, -0.2) is 19.3 Å². The van der Waals surface area contributed by atoms with Crippen molar-refractivity contribution in [3.8, 4) is 5.95 Å². The first kappa shape index (κ1) is 21.6. The third-order valence-corrected chi connectivity index (χ3v) is 4.43. The van der Waals surface area contributed by atoms with Crippen molar-refractivity contribution < 1.29 is 22.4 Å². The van der Waals surface area contributed by atoms with E-state index in [4.69, 9.17) is 11.6 Å². The van der Waals surface area contributed by atoms with Gasteiger partial charge in [-0.05, 0) is 31.2 Å². The van der Waals surface area contributed by atoms with E-state index in [2.05, 4.69) is 20.1 Å². The van der Waals surface area contributed by atoms with Gasteiger partial charge in [0.05, 0.1) is 18.2 Å². The summed E-state index contributed by atoms with van der Waals surface area (Å²) in [5.74, 6) is -0.454. The zero-order valence-corrected chi connectivity index (χ0v) is 16.3. The number of hydrogen-bond acceptors (Lipinski definition) is 5. The van der Waals surface area contributed by atoms with Crippen LogP contribution in [0.4, 0.5) is 17.6 Å². The second-order valence-electron chi connectivity index (χ2n) is 6.17. The molecule has 1 amide bonds. The first-order valence-corrected chi connectivity index (χ1v) is 9.02. The van der Waals surface area contributed by atoms with Gasteiger partial charge in [-0.3, -0.25) is 4.79 Å². The number of carbonyl (C=O) groups excluding carboxylic acids is 1. The Kier molecular flexibility index (Phi) is 6.30. The Labute approximate surface area is 173 Å². The Bertz CT molecular complexity index is 1030. The smallest absolute Gasteiger partial charge is 0.326 e. The van der Waals surface area contributed by atoms with E-state index in [0.29, 0.717) is 12.1 Å². The molecule has 0 radical (unpaired) electrons. The van der Waals surface area contributed by atoms with Gasteiger partial charge < -0.3 is 4.90 Å². The van der Waals surface area contributed by atoms with E-state index in [1.54, 1.807) is 13.0 Å². The number of carbonyl (C=O) groups is 1. The van der Waals surface area contributed by atoms with Crippen molar-refractivity contribution in [1.82, 2.24) is 29.6 Å². The van der Waals surface area contributed by atoms with E-state index in [9.17, 15) is 22.4 Å². The van der Waals surface area contributed by atoms with Crippen LogP contribution in [-0.4, -0.2) is 48.8 Å². The van der Waals surface area contributed by atoms with Crippen molar-refractivity contribution in [2.24, 2.45) is 0 Å². The van der Waals surface area contributed by atoms with Crippen molar-refractivity contribution in [2.75, 3.05) is 13.2 Å². The van der Waals surface area contributed by atoms with E-state index >= 15 is 0 Å². The van der Waals surface area contributed by atoms with E-state index < -0.39 is 30.4 Å². The van der Waals surface area contributed by atoms with Gasteiger partial charge in [0.2, 0.25) is 0 Å². The summed E-state index contributed by atoms with van der Waals surface area (Å²) in [6, 6.07) is 3.23. The first-order chi connectivity index (χ1) is 14.2. The van der Waals surface area contributed by atoms with E-state index in [1.165, 1.54) is 23.4 Å². The monoisotopic (exact) mass is 442 g/mol. The zero-order valence-electron chi connectivity index (χ0n) is 15.5. The Hall–Kier alpha value is -3.08. The van der Waals surface area contributed by atoms with Crippen molar-refractivity contribution in [2.45, 2.75) is 19.1 Å². The average molecular weight is 443 g/mol. The summed E-state index contributed by atoms with van der Waals surface area (Å²) in [6.07, 6.45) is -0.524. The molecule has 0 saturated carbocycles. The third kappa shape index (κ3) is 4.56. The summed E-state index contributed by atoms with van der Waals surface area (Å²) in [6.45, 7) is 0.251. The number of benzene rings is 1. The molecular weight excluding hydrogens is 428 g/mol. The molecule has 0 fully saturated rings. The predicted molar refractivity (Wildman–Crippen MR) is 98.8 cm³/mol. The fraction of sp³-hybridized carbons (Fsp3) is 0.278. The number of hydrogen-bond donors (Lipinski definition) is 0. The molecule has 1 atom stereocenters. The lowest BCUT2D eigenvalue weighted by atomic mass is 10.1. The fourth-order valence-electron chi connectivity index (χ4n) is 2.83. The molecule has 30 heavy (non-hydrogen) atoms. The molecular formula is C18H15ClF4N6O. The maximum atomic E-state index is 13.2. The highest BCUT2D eigenvalue weighted by molar-refractivity contribution is 6.31. The SMILES string of the molecule is CC(c1ncnn1-c1ncccn1)N(CCF)C(=O)c1cc(Cl)cc(C(F)(F)F)c1. The number of amides is 1. The lowest BCUT2D eigenvalue weighted by molar-refractivity contribution is -0.137. The molecule has 2 heterocycles. The quantitative estimate of drug-likeness (QED) is 0.541. The van der Waals surface area contributed by atoms with Crippen LogP contribution in [0.25, 0.3) is 5.95 Å². The molecule has 12 heteroatoms. The molecule has 0 aliphatic carbocycles. The van der Waals surface area contributed by atoms with Crippen LogP contribution < -0.4 is 0 Å².